The third-order valence-electron chi connectivity index (χ3n) is 4.41. The zero-order valence-electron chi connectivity index (χ0n) is 15.8. The Morgan fingerprint density at radius 3 is 1.43 bits per heavy atom. The molecule has 0 fully saturated rings. The topological polar surface area (TPSA) is 44.2 Å². The summed E-state index contributed by atoms with van der Waals surface area (Å²) >= 11 is 0. The number of pyridine rings is 2. The van der Waals surface area contributed by atoms with Gasteiger partial charge in [-0.05, 0) is 60.4 Å². The van der Waals surface area contributed by atoms with Gasteiger partial charge in [-0.3, -0.25) is 0 Å². The molecule has 4 nitrogen and oxygen atoms in total. The second kappa shape index (κ2) is 7.92. The lowest BCUT2D eigenvalue weighted by molar-refractivity contribution is 0.458. The van der Waals surface area contributed by atoms with E-state index in [1.165, 1.54) is 0 Å². The van der Waals surface area contributed by atoms with Gasteiger partial charge >= 0.3 is 0 Å². The number of benzene rings is 2. The summed E-state index contributed by atoms with van der Waals surface area (Å²) in [6.07, 6.45) is 3.44. The third kappa shape index (κ3) is 4.01. The molecule has 0 aliphatic heterocycles. The number of hydrogen-bond acceptors (Lipinski definition) is 4. The molecule has 0 amide bonds. The highest BCUT2D eigenvalue weighted by Crippen LogP contribution is 2.33. The molecule has 0 spiro atoms. The van der Waals surface area contributed by atoms with Gasteiger partial charge in [-0.15, -0.1) is 0 Å². The molecule has 2 heterocycles. The largest absolute Gasteiger partial charge is 0.439 e. The van der Waals surface area contributed by atoms with E-state index in [-0.39, 0.29) is 0 Å². The smallest absolute Gasteiger partial charge is 0.219 e. The maximum absolute atomic E-state index is 5.97. The zero-order chi connectivity index (χ0) is 19.3. The lowest BCUT2D eigenvalue weighted by Gasteiger charge is -2.12. The fraction of sp³-hybridized carbons (Fsp3) is 0.0833. The Balaban J connectivity index is 1.65. The first-order chi connectivity index (χ1) is 13.7. The van der Waals surface area contributed by atoms with E-state index >= 15 is 0 Å². The quantitative estimate of drug-likeness (QED) is 0.412. The number of rotatable bonds is 5. The number of ether oxygens (including phenoxy) is 2. The molecule has 138 valence electrons. The van der Waals surface area contributed by atoms with Gasteiger partial charge < -0.3 is 9.47 Å². The summed E-state index contributed by atoms with van der Waals surface area (Å²) in [5.74, 6) is 2.71. The summed E-state index contributed by atoms with van der Waals surface area (Å²) in [4.78, 5) is 8.48. The number of aryl methyl sites for hydroxylation is 2. The van der Waals surface area contributed by atoms with Crippen molar-refractivity contribution in [2.24, 2.45) is 0 Å². The van der Waals surface area contributed by atoms with Crippen LogP contribution in [0.4, 0.5) is 0 Å². The summed E-state index contributed by atoms with van der Waals surface area (Å²) in [5, 5.41) is 0. The minimum atomic E-state index is 0.575. The van der Waals surface area contributed by atoms with Crippen molar-refractivity contribution in [1.29, 1.82) is 0 Å². The first kappa shape index (κ1) is 17.7. The van der Waals surface area contributed by atoms with E-state index < -0.39 is 0 Å². The highest BCUT2D eigenvalue weighted by Gasteiger charge is 2.09. The normalized spacial score (nSPS) is 10.5. The van der Waals surface area contributed by atoms with E-state index in [0.717, 1.165) is 33.8 Å². The molecular weight excluding hydrogens is 348 g/mol. The van der Waals surface area contributed by atoms with Gasteiger partial charge in [0.1, 0.15) is 11.5 Å². The van der Waals surface area contributed by atoms with Gasteiger partial charge in [0, 0.05) is 24.5 Å². The summed E-state index contributed by atoms with van der Waals surface area (Å²) in [6, 6.07) is 23.5. The van der Waals surface area contributed by atoms with Crippen LogP contribution in [0.2, 0.25) is 0 Å². The lowest BCUT2D eigenvalue weighted by Crippen LogP contribution is -1.92. The van der Waals surface area contributed by atoms with E-state index in [4.69, 9.17) is 9.47 Å². The van der Waals surface area contributed by atoms with Crippen molar-refractivity contribution in [3.8, 4) is 34.4 Å². The Bertz CT molecular complexity index is 991. The third-order valence-corrected chi connectivity index (χ3v) is 4.41. The minimum Gasteiger partial charge on any atom is -0.439 e. The van der Waals surface area contributed by atoms with Gasteiger partial charge in [-0.25, -0.2) is 9.97 Å². The van der Waals surface area contributed by atoms with Crippen molar-refractivity contribution in [3.63, 3.8) is 0 Å². The zero-order valence-corrected chi connectivity index (χ0v) is 15.8. The summed E-state index contributed by atoms with van der Waals surface area (Å²) in [5.41, 5.74) is 4.18. The molecule has 0 N–H and O–H groups in total. The Morgan fingerprint density at radius 2 is 1.04 bits per heavy atom. The van der Waals surface area contributed by atoms with Gasteiger partial charge in [-0.1, -0.05) is 36.4 Å². The molecule has 0 unspecified atom stereocenters. The van der Waals surface area contributed by atoms with Crippen LogP contribution in [0.5, 0.6) is 23.3 Å². The first-order valence-electron chi connectivity index (χ1n) is 9.08. The SMILES string of the molecule is Cc1ccc(-c2ccc(C)c(Oc3ccccn3)c2)cc1Oc1ccccn1. The van der Waals surface area contributed by atoms with Crippen LogP contribution in [0, 0.1) is 13.8 Å². The van der Waals surface area contributed by atoms with Gasteiger partial charge in [0.25, 0.3) is 0 Å². The second-order valence-corrected chi connectivity index (χ2v) is 6.50. The lowest BCUT2D eigenvalue weighted by atomic mass is 10.0. The van der Waals surface area contributed by atoms with Crippen LogP contribution >= 0.6 is 0 Å². The molecular formula is C24H20N2O2. The molecule has 0 aliphatic carbocycles. The van der Waals surface area contributed by atoms with E-state index in [9.17, 15) is 0 Å². The number of aromatic nitrogens is 2. The summed E-state index contributed by atoms with van der Waals surface area (Å²) < 4.78 is 11.9. The van der Waals surface area contributed by atoms with Crippen molar-refractivity contribution >= 4 is 0 Å². The van der Waals surface area contributed by atoms with Crippen molar-refractivity contribution in [1.82, 2.24) is 9.97 Å². The molecule has 0 bridgehead atoms. The van der Waals surface area contributed by atoms with Crippen LogP contribution in [0.1, 0.15) is 11.1 Å². The average Bonchev–Trinajstić information content (AvgIpc) is 2.73. The van der Waals surface area contributed by atoms with E-state index in [2.05, 4.69) is 22.1 Å². The number of nitrogens with zero attached hydrogens (tertiary/aromatic N) is 2. The van der Waals surface area contributed by atoms with Crippen molar-refractivity contribution in [2.75, 3.05) is 0 Å². The van der Waals surface area contributed by atoms with Crippen molar-refractivity contribution in [2.45, 2.75) is 13.8 Å². The van der Waals surface area contributed by atoms with Gasteiger partial charge in [0.2, 0.25) is 11.8 Å². The average molecular weight is 368 g/mol. The van der Waals surface area contributed by atoms with Gasteiger partial charge in [0.15, 0.2) is 0 Å². The fourth-order valence-electron chi connectivity index (χ4n) is 2.82. The molecule has 0 radical (unpaired) electrons. The van der Waals surface area contributed by atoms with Crippen molar-refractivity contribution in [3.05, 3.63) is 96.3 Å². The summed E-state index contributed by atoms with van der Waals surface area (Å²) in [6.45, 7) is 4.04. The maximum atomic E-state index is 5.97. The van der Waals surface area contributed by atoms with E-state index in [1.807, 2.05) is 74.5 Å². The number of hydrogen-bond donors (Lipinski definition) is 0. The fourth-order valence-corrected chi connectivity index (χ4v) is 2.82. The monoisotopic (exact) mass is 368 g/mol. The van der Waals surface area contributed by atoms with Crippen LogP contribution in [-0.2, 0) is 0 Å². The molecule has 4 rings (SSSR count). The standard InChI is InChI=1S/C24H20N2O2/c1-17-9-11-19(15-21(17)27-23-7-3-5-13-25-23)20-12-10-18(2)22(16-20)28-24-8-4-6-14-26-24/h3-16H,1-2H3. The molecule has 4 heteroatoms. The predicted octanol–water partition coefficient (Wildman–Crippen LogP) is 6.35. The second-order valence-electron chi connectivity index (χ2n) is 6.50. The Morgan fingerprint density at radius 1 is 0.571 bits per heavy atom. The highest BCUT2D eigenvalue weighted by molar-refractivity contribution is 5.68. The Hall–Kier alpha value is -3.66. The Labute approximate surface area is 164 Å². The molecule has 0 atom stereocenters. The van der Waals surface area contributed by atoms with Gasteiger partial charge in [-0.2, -0.15) is 0 Å². The molecule has 0 saturated heterocycles. The molecule has 28 heavy (non-hydrogen) atoms. The van der Waals surface area contributed by atoms with E-state index in [1.54, 1.807) is 12.4 Å². The molecule has 0 saturated carbocycles. The minimum absolute atomic E-state index is 0.575. The first-order valence-corrected chi connectivity index (χ1v) is 9.08. The van der Waals surface area contributed by atoms with Gasteiger partial charge in [0.05, 0.1) is 0 Å². The van der Waals surface area contributed by atoms with Crippen molar-refractivity contribution < 1.29 is 9.47 Å². The molecule has 2 aromatic heterocycles. The molecule has 0 aliphatic rings. The molecule has 2 aromatic carbocycles. The molecule has 4 aromatic rings. The maximum Gasteiger partial charge on any atom is 0.219 e. The predicted molar refractivity (Wildman–Crippen MR) is 110 cm³/mol. The Kier molecular flexibility index (Phi) is 5.02. The highest BCUT2D eigenvalue weighted by atomic mass is 16.5. The van der Waals surface area contributed by atoms with E-state index in [0.29, 0.717) is 11.8 Å². The van der Waals surface area contributed by atoms with Crippen LogP contribution in [0.15, 0.2) is 85.2 Å². The van der Waals surface area contributed by atoms with Crippen LogP contribution in [-0.4, -0.2) is 9.97 Å². The summed E-state index contributed by atoms with van der Waals surface area (Å²) in [7, 11) is 0. The van der Waals surface area contributed by atoms with Crippen LogP contribution in [0.3, 0.4) is 0 Å². The van der Waals surface area contributed by atoms with Crippen LogP contribution in [0.25, 0.3) is 11.1 Å². The van der Waals surface area contributed by atoms with Crippen LogP contribution < -0.4 is 9.47 Å².